The van der Waals surface area contributed by atoms with Crippen LogP contribution >= 0.6 is 0 Å². The summed E-state index contributed by atoms with van der Waals surface area (Å²) in [6, 6.07) is 2.73. The molecule has 13 nitrogen and oxygen atoms in total. The second kappa shape index (κ2) is 10.2. The van der Waals surface area contributed by atoms with Crippen LogP contribution in [0, 0.1) is 11.3 Å². The topological polar surface area (TPSA) is 181 Å². The van der Waals surface area contributed by atoms with Crippen molar-refractivity contribution < 1.29 is 61.9 Å². The maximum Gasteiger partial charge on any atom is 0.341 e. The van der Waals surface area contributed by atoms with E-state index in [9.17, 15) is 29.4 Å². The molecule has 3 fully saturated rings. The van der Waals surface area contributed by atoms with Crippen molar-refractivity contribution in [1.82, 2.24) is 0 Å². The van der Waals surface area contributed by atoms with Gasteiger partial charge in [0.15, 0.2) is 6.10 Å². The van der Waals surface area contributed by atoms with E-state index < -0.39 is 83.0 Å². The fraction of sp³-hybridized carbons (Fsp3) is 0.586. The average molecular weight is 591 g/mol. The summed E-state index contributed by atoms with van der Waals surface area (Å²) in [7, 11) is 0. The Labute approximate surface area is 241 Å². The van der Waals surface area contributed by atoms with Gasteiger partial charge in [-0.05, 0) is 45.7 Å². The van der Waals surface area contributed by atoms with Crippen LogP contribution in [0.4, 0.5) is 0 Å². The van der Waals surface area contributed by atoms with Gasteiger partial charge in [0.05, 0.1) is 47.4 Å². The van der Waals surface area contributed by atoms with Crippen molar-refractivity contribution in [2.45, 2.75) is 88.7 Å². The Bertz CT molecular complexity index is 1340. The number of carbonyl (C=O) groups is 4. The van der Waals surface area contributed by atoms with Crippen molar-refractivity contribution in [2.75, 3.05) is 6.61 Å². The van der Waals surface area contributed by atoms with Gasteiger partial charge in [-0.15, -0.1) is 0 Å². The molecule has 13 heteroatoms. The van der Waals surface area contributed by atoms with E-state index >= 15 is 0 Å². The predicted octanol–water partition coefficient (Wildman–Crippen LogP) is 2.19. The van der Waals surface area contributed by atoms with Crippen molar-refractivity contribution in [3.63, 3.8) is 0 Å². The van der Waals surface area contributed by atoms with Gasteiger partial charge in [-0.1, -0.05) is 0 Å². The van der Waals surface area contributed by atoms with E-state index in [-0.39, 0.29) is 24.0 Å². The largest absolute Gasteiger partial charge is 0.472 e. The van der Waals surface area contributed by atoms with Gasteiger partial charge in [0.2, 0.25) is 0 Å². The van der Waals surface area contributed by atoms with Crippen LogP contribution in [0.3, 0.4) is 0 Å². The van der Waals surface area contributed by atoms with Crippen LogP contribution in [0.15, 0.2) is 46.0 Å². The first-order chi connectivity index (χ1) is 19.7. The molecular formula is C29H34O13. The van der Waals surface area contributed by atoms with Gasteiger partial charge in [0, 0.05) is 13.8 Å². The molecule has 3 aliphatic rings. The normalized spacial score (nSPS) is 36.4. The molecule has 0 radical (unpaired) electrons. The van der Waals surface area contributed by atoms with Gasteiger partial charge < -0.3 is 42.7 Å². The van der Waals surface area contributed by atoms with Crippen LogP contribution < -0.4 is 0 Å². The number of carbonyl (C=O) groups excluding carboxylic acids is 4. The first-order valence-corrected chi connectivity index (χ1v) is 13.6. The lowest BCUT2D eigenvalue weighted by Gasteiger charge is -2.65. The lowest BCUT2D eigenvalue weighted by molar-refractivity contribution is -0.348. The summed E-state index contributed by atoms with van der Waals surface area (Å²) in [6.07, 6.45) is -0.792. The number of hydrogen-bond acceptors (Lipinski definition) is 13. The molecule has 0 amide bonds. The molecule has 228 valence electrons. The summed E-state index contributed by atoms with van der Waals surface area (Å²) >= 11 is 0. The first-order valence-electron chi connectivity index (χ1n) is 13.6. The van der Waals surface area contributed by atoms with Crippen molar-refractivity contribution in [3.8, 4) is 0 Å². The molecule has 2 aromatic rings. The Kier molecular flexibility index (Phi) is 7.27. The van der Waals surface area contributed by atoms with Crippen LogP contribution in [0.5, 0.6) is 0 Å². The van der Waals surface area contributed by atoms with Crippen LogP contribution in [0.2, 0.25) is 0 Å². The Morgan fingerprint density at radius 1 is 0.881 bits per heavy atom. The number of fused-ring (bicyclic) bond motifs is 1. The van der Waals surface area contributed by atoms with Crippen molar-refractivity contribution in [3.05, 3.63) is 48.3 Å². The average Bonchev–Trinajstić information content (AvgIpc) is 3.65. The summed E-state index contributed by atoms with van der Waals surface area (Å²) in [5.74, 6) is -4.27. The zero-order chi connectivity index (χ0) is 30.7. The predicted molar refractivity (Wildman–Crippen MR) is 138 cm³/mol. The Morgan fingerprint density at radius 2 is 1.45 bits per heavy atom. The molecule has 2 bridgehead atoms. The molecular weight excluding hydrogens is 556 g/mol. The number of ether oxygens (including phenoxy) is 5. The lowest BCUT2D eigenvalue weighted by Crippen LogP contribution is -2.83. The van der Waals surface area contributed by atoms with Crippen LogP contribution in [-0.4, -0.2) is 81.9 Å². The summed E-state index contributed by atoms with van der Waals surface area (Å²) < 4.78 is 40.5. The molecule has 1 spiro atoms. The second-order valence-corrected chi connectivity index (χ2v) is 11.8. The maximum absolute atomic E-state index is 13.5. The zero-order valence-corrected chi connectivity index (χ0v) is 23.9. The highest BCUT2D eigenvalue weighted by atomic mass is 16.6. The third-order valence-corrected chi connectivity index (χ3v) is 8.93. The Morgan fingerprint density at radius 3 is 1.95 bits per heavy atom. The Balaban J connectivity index is 1.79. The number of aliphatic hydroxyl groups excluding tert-OH is 1. The molecule has 1 aliphatic heterocycles. The van der Waals surface area contributed by atoms with Gasteiger partial charge in [0.25, 0.3) is 0 Å². The van der Waals surface area contributed by atoms with Crippen LogP contribution in [-0.2, 0) is 33.3 Å². The molecule has 8 atom stereocenters. The van der Waals surface area contributed by atoms with E-state index in [1.54, 1.807) is 13.8 Å². The van der Waals surface area contributed by atoms with E-state index in [2.05, 4.69) is 0 Å². The molecule has 0 unspecified atom stereocenters. The highest BCUT2D eigenvalue weighted by Crippen LogP contribution is 2.69. The number of rotatable bonds is 7. The molecule has 2 N–H and O–H groups in total. The van der Waals surface area contributed by atoms with Gasteiger partial charge in [-0.3, -0.25) is 9.59 Å². The molecule has 42 heavy (non-hydrogen) atoms. The highest BCUT2D eigenvalue weighted by molar-refractivity contribution is 5.90. The quantitative estimate of drug-likeness (QED) is 0.354. The van der Waals surface area contributed by atoms with E-state index in [0.29, 0.717) is 0 Å². The lowest BCUT2D eigenvalue weighted by atomic mass is 9.46. The Hall–Kier alpha value is -3.68. The second-order valence-electron chi connectivity index (χ2n) is 11.8. The summed E-state index contributed by atoms with van der Waals surface area (Å²) in [4.78, 5) is 51.9. The maximum atomic E-state index is 13.5. The fourth-order valence-corrected chi connectivity index (χ4v) is 7.43. The molecule has 2 saturated carbocycles. The van der Waals surface area contributed by atoms with E-state index in [1.165, 1.54) is 45.4 Å². The standard InChI is InChI=1S/C29H34O13/c1-15(31)38-19-6-9-27(5,35)29-22(39-16(2)32)20(26(3,4)42-29)21(40-24(33)17-7-10-36-12-17)23(28(19,29)14-30)41-25(34)18-8-11-37-13-18/h7-8,10-13,19-23,30,35H,6,9,14H2,1-5H3/t19-,20+,21-,22+,23-,27-,28-,29-/m0/s1. The third kappa shape index (κ3) is 4.24. The van der Waals surface area contributed by atoms with Crippen LogP contribution in [0.25, 0.3) is 0 Å². The highest BCUT2D eigenvalue weighted by Gasteiger charge is 2.87. The van der Waals surface area contributed by atoms with E-state index in [4.69, 9.17) is 32.5 Å². The number of aliphatic hydroxyl groups is 2. The summed E-state index contributed by atoms with van der Waals surface area (Å²) in [5, 5.41) is 23.5. The van der Waals surface area contributed by atoms with Crippen molar-refractivity contribution in [2.24, 2.45) is 11.3 Å². The van der Waals surface area contributed by atoms with Crippen molar-refractivity contribution >= 4 is 23.9 Å². The number of hydrogen-bond donors (Lipinski definition) is 2. The summed E-state index contributed by atoms with van der Waals surface area (Å²) in [6.45, 7) is 6.20. The van der Waals surface area contributed by atoms with Crippen LogP contribution in [0.1, 0.15) is 68.2 Å². The zero-order valence-electron chi connectivity index (χ0n) is 23.9. The molecule has 3 heterocycles. The third-order valence-electron chi connectivity index (χ3n) is 8.93. The summed E-state index contributed by atoms with van der Waals surface area (Å²) in [5.41, 5.74) is -7.12. The van der Waals surface area contributed by atoms with Gasteiger partial charge in [0.1, 0.15) is 41.9 Å². The number of furan rings is 2. The molecule has 2 aliphatic carbocycles. The van der Waals surface area contributed by atoms with Crippen molar-refractivity contribution in [1.29, 1.82) is 0 Å². The smallest absolute Gasteiger partial charge is 0.341 e. The van der Waals surface area contributed by atoms with Gasteiger partial charge in [-0.25, -0.2) is 9.59 Å². The molecule has 0 aromatic carbocycles. The fourth-order valence-electron chi connectivity index (χ4n) is 7.43. The molecule has 5 rings (SSSR count). The monoisotopic (exact) mass is 590 g/mol. The van der Waals surface area contributed by atoms with Gasteiger partial charge >= 0.3 is 23.9 Å². The first kappa shape index (κ1) is 29.8. The minimum Gasteiger partial charge on any atom is -0.472 e. The minimum absolute atomic E-state index is 0.00169. The minimum atomic E-state index is -2.01. The molecule has 1 saturated heterocycles. The SMILES string of the molecule is CC(=O)O[C@H]1CC[C@](C)(O)[C@]23OC(C)(C)[C@H]([C@H](OC(=O)c4ccoc4)[C@H](OC(=O)c4ccoc4)[C@]12CO)[C@H]3OC(C)=O. The van der Waals surface area contributed by atoms with E-state index in [0.717, 1.165) is 12.5 Å². The number of esters is 4. The van der Waals surface area contributed by atoms with E-state index in [1.807, 2.05) is 0 Å². The van der Waals surface area contributed by atoms with Gasteiger partial charge in [-0.2, -0.15) is 0 Å². The molecule has 2 aromatic heterocycles.